The third-order valence-corrected chi connectivity index (χ3v) is 5.04. The summed E-state index contributed by atoms with van der Waals surface area (Å²) in [6.07, 6.45) is 12.4. The third kappa shape index (κ3) is 10.5. The molecule has 6 N–H and O–H groups in total. The summed E-state index contributed by atoms with van der Waals surface area (Å²) in [7, 11) is -4.67. The molecular formula is C30H29NO5S. The highest BCUT2D eigenvalue weighted by Gasteiger charge is 2.08. The van der Waals surface area contributed by atoms with Crippen LogP contribution >= 0.6 is 0 Å². The van der Waals surface area contributed by atoms with Crippen molar-refractivity contribution in [3.63, 3.8) is 0 Å². The van der Waals surface area contributed by atoms with Gasteiger partial charge in [0.15, 0.2) is 0 Å². The number of hydrogen-bond donors (Lipinski definition) is 4. The van der Waals surface area contributed by atoms with Crippen LogP contribution in [0, 0.1) is 0 Å². The monoisotopic (exact) mass is 515 g/mol. The van der Waals surface area contributed by atoms with E-state index in [0.717, 1.165) is 33.4 Å². The zero-order valence-corrected chi connectivity index (χ0v) is 20.9. The molecule has 0 aliphatic carbocycles. The van der Waals surface area contributed by atoms with Crippen molar-refractivity contribution in [1.29, 1.82) is 0 Å². The van der Waals surface area contributed by atoms with Gasteiger partial charge in [-0.15, -0.1) is 0 Å². The zero-order chi connectivity index (χ0) is 25.8. The second-order valence-corrected chi connectivity index (χ2v) is 8.58. The van der Waals surface area contributed by atoms with E-state index in [0.29, 0.717) is 0 Å². The van der Waals surface area contributed by atoms with Crippen LogP contribution in [0.2, 0.25) is 0 Å². The molecule has 0 aromatic heterocycles. The Bertz CT molecular complexity index is 1440. The summed E-state index contributed by atoms with van der Waals surface area (Å²) in [5.74, 6) is 0.261. The summed E-state index contributed by atoms with van der Waals surface area (Å²) in [5.41, 5.74) is 6.15. The number of phenols is 1. The average Bonchev–Trinajstić information content (AvgIpc) is 2.87. The van der Waals surface area contributed by atoms with Crippen molar-refractivity contribution >= 4 is 46.9 Å². The fourth-order valence-corrected chi connectivity index (χ4v) is 3.39. The first kappa shape index (κ1) is 29.0. The number of benzene rings is 4. The Morgan fingerprint density at radius 1 is 0.486 bits per heavy atom. The maximum absolute atomic E-state index is 10.7. The molecule has 0 unspecified atom stereocenters. The Kier molecular flexibility index (Phi) is 11.2. The summed E-state index contributed by atoms with van der Waals surface area (Å²) in [4.78, 5) is 0. The SMILES string of the molecule is N.O=S(=O)(O)O.Oc1ccc(C=Cc2ccccc2)c(C=Cc2ccccc2)c1C=Cc1ccccc1. The molecule has 0 aliphatic rings. The van der Waals surface area contributed by atoms with Crippen LogP contribution in [-0.4, -0.2) is 22.6 Å². The maximum Gasteiger partial charge on any atom is 0.394 e. The molecule has 0 saturated heterocycles. The van der Waals surface area contributed by atoms with Crippen molar-refractivity contribution in [2.24, 2.45) is 0 Å². The van der Waals surface area contributed by atoms with Gasteiger partial charge in [0.25, 0.3) is 0 Å². The Balaban J connectivity index is 0.000000734. The van der Waals surface area contributed by atoms with E-state index in [9.17, 15) is 5.11 Å². The molecule has 0 bridgehead atoms. The third-order valence-electron chi connectivity index (χ3n) is 5.04. The fraction of sp³-hybridized carbons (Fsp3) is 0. The summed E-state index contributed by atoms with van der Waals surface area (Å²) in [6.45, 7) is 0. The van der Waals surface area contributed by atoms with Gasteiger partial charge in [-0.25, -0.2) is 0 Å². The Morgan fingerprint density at radius 2 is 0.838 bits per heavy atom. The van der Waals surface area contributed by atoms with E-state index < -0.39 is 10.4 Å². The number of hydrogen-bond acceptors (Lipinski definition) is 4. The fourth-order valence-electron chi connectivity index (χ4n) is 3.39. The molecule has 0 heterocycles. The van der Waals surface area contributed by atoms with Crippen molar-refractivity contribution in [3.8, 4) is 5.75 Å². The van der Waals surface area contributed by atoms with E-state index in [4.69, 9.17) is 17.5 Å². The molecule has 0 aliphatic heterocycles. The lowest BCUT2D eigenvalue weighted by molar-refractivity contribution is 0.381. The van der Waals surface area contributed by atoms with Crippen molar-refractivity contribution in [2.75, 3.05) is 0 Å². The summed E-state index contributed by atoms with van der Waals surface area (Å²) >= 11 is 0. The molecular weight excluding hydrogens is 486 g/mol. The van der Waals surface area contributed by atoms with E-state index in [1.807, 2.05) is 84.9 Å². The predicted molar refractivity (Wildman–Crippen MR) is 153 cm³/mol. The highest BCUT2D eigenvalue weighted by Crippen LogP contribution is 2.30. The molecule has 6 nitrogen and oxygen atoms in total. The summed E-state index contributed by atoms with van der Waals surface area (Å²) in [6, 6.07) is 34.2. The lowest BCUT2D eigenvalue weighted by Gasteiger charge is -2.09. The quantitative estimate of drug-likeness (QED) is 0.156. The highest BCUT2D eigenvalue weighted by molar-refractivity contribution is 7.79. The van der Waals surface area contributed by atoms with Gasteiger partial charge in [0.05, 0.1) is 0 Å². The van der Waals surface area contributed by atoms with Crippen molar-refractivity contribution in [3.05, 3.63) is 137 Å². The molecule has 190 valence electrons. The highest BCUT2D eigenvalue weighted by atomic mass is 32.3. The molecule has 7 heteroatoms. The van der Waals surface area contributed by atoms with Crippen molar-refractivity contribution in [2.45, 2.75) is 0 Å². The van der Waals surface area contributed by atoms with Crippen molar-refractivity contribution < 1.29 is 22.6 Å². The van der Waals surface area contributed by atoms with Gasteiger partial charge in [0.1, 0.15) is 5.75 Å². The topological polar surface area (TPSA) is 130 Å². The van der Waals surface area contributed by atoms with Gasteiger partial charge in [-0.3, -0.25) is 9.11 Å². The van der Waals surface area contributed by atoms with Crippen LogP contribution in [0.25, 0.3) is 36.5 Å². The molecule has 0 fully saturated rings. The van der Waals surface area contributed by atoms with E-state index in [1.54, 1.807) is 6.07 Å². The molecule has 0 radical (unpaired) electrons. The minimum atomic E-state index is -4.67. The largest absolute Gasteiger partial charge is 0.507 e. The van der Waals surface area contributed by atoms with Gasteiger partial charge < -0.3 is 11.3 Å². The lowest BCUT2D eigenvalue weighted by atomic mass is 9.96. The van der Waals surface area contributed by atoms with E-state index >= 15 is 0 Å². The molecule has 37 heavy (non-hydrogen) atoms. The second kappa shape index (κ2) is 14.3. The standard InChI is InChI=1S/C30H24O.H3N.H2O4S/c31-30-23-20-27(19-16-24-10-4-1-5-11-24)28(21-17-25-12-6-2-7-13-25)29(30)22-18-26-14-8-3-9-15-26;;1-5(2,3)4/h1-23,31H;1H3;(H2,1,2,3,4). The average molecular weight is 516 g/mol. The minimum Gasteiger partial charge on any atom is -0.507 e. The molecule has 0 spiro atoms. The van der Waals surface area contributed by atoms with E-state index in [1.165, 1.54) is 0 Å². The van der Waals surface area contributed by atoms with Crippen LogP contribution in [0.4, 0.5) is 0 Å². The Hall–Kier alpha value is -4.27. The van der Waals surface area contributed by atoms with Crippen LogP contribution in [-0.2, 0) is 10.4 Å². The van der Waals surface area contributed by atoms with Gasteiger partial charge in [0.2, 0.25) is 0 Å². The van der Waals surface area contributed by atoms with Crippen LogP contribution in [0.3, 0.4) is 0 Å². The smallest absolute Gasteiger partial charge is 0.394 e. The van der Waals surface area contributed by atoms with Crippen LogP contribution in [0.5, 0.6) is 5.75 Å². The Morgan fingerprint density at radius 3 is 1.24 bits per heavy atom. The summed E-state index contributed by atoms with van der Waals surface area (Å²) < 4.78 is 31.6. The molecule has 4 aromatic carbocycles. The molecule has 0 saturated carbocycles. The molecule has 0 atom stereocenters. The first-order valence-electron chi connectivity index (χ1n) is 11.0. The van der Waals surface area contributed by atoms with E-state index in [-0.39, 0.29) is 11.9 Å². The van der Waals surface area contributed by atoms with Gasteiger partial charge in [0, 0.05) is 5.56 Å². The zero-order valence-electron chi connectivity index (χ0n) is 20.1. The van der Waals surface area contributed by atoms with E-state index in [2.05, 4.69) is 48.6 Å². The van der Waals surface area contributed by atoms with Crippen molar-refractivity contribution in [1.82, 2.24) is 6.15 Å². The van der Waals surface area contributed by atoms with Crippen LogP contribution < -0.4 is 6.15 Å². The predicted octanol–water partition coefficient (Wildman–Crippen LogP) is 7.41. The van der Waals surface area contributed by atoms with Gasteiger partial charge >= 0.3 is 10.4 Å². The molecule has 4 rings (SSSR count). The molecule has 0 amide bonds. The van der Waals surface area contributed by atoms with Crippen LogP contribution in [0.15, 0.2) is 103 Å². The van der Waals surface area contributed by atoms with Gasteiger partial charge in [-0.2, -0.15) is 8.42 Å². The lowest BCUT2D eigenvalue weighted by Crippen LogP contribution is -1.89. The van der Waals surface area contributed by atoms with Gasteiger partial charge in [-0.05, 0) is 33.9 Å². The Labute approximate surface area is 217 Å². The normalized spacial score (nSPS) is 11.3. The maximum atomic E-state index is 10.7. The number of rotatable bonds is 6. The van der Waals surface area contributed by atoms with Crippen LogP contribution in [0.1, 0.15) is 33.4 Å². The van der Waals surface area contributed by atoms with Gasteiger partial charge in [-0.1, -0.05) is 134 Å². The molecule has 4 aromatic rings. The summed E-state index contributed by atoms with van der Waals surface area (Å²) in [5, 5.41) is 10.7. The second-order valence-electron chi connectivity index (χ2n) is 7.68. The first-order chi connectivity index (χ1) is 17.3. The first-order valence-corrected chi connectivity index (χ1v) is 12.4. The minimum absolute atomic E-state index is 0. The number of phenolic OH excluding ortho intramolecular Hbond substituents is 1. The number of aromatic hydroxyl groups is 1.